The summed E-state index contributed by atoms with van der Waals surface area (Å²) in [6, 6.07) is 4.70. The van der Waals surface area contributed by atoms with Gasteiger partial charge in [0.25, 0.3) is 0 Å². The fourth-order valence-electron chi connectivity index (χ4n) is 6.12. The highest BCUT2D eigenvalue weighted by Crippen LogP contribution is 2.50. The Morgan fingerprint density at radius 1 is 1.05 bits per heavy atom. The van der Waals surface area contributed by atoms with E-state index in [0.717, 1.165) is 23.7 Å². The van der Waals surface area contributed by atoms with E-state index in [-0.39, 0.29) is 42.5 Å². The standard InChI is InChI=1S/C28H37F3N8O3/c1-27(2,33)24(40)37-9-11-38(12-10-37)25(41)34-23-6-8-39(26(42)35-23)18-4-3-17(22(13-18)28(29,30)31)5-7-36-15-20-19(14-32)21(20)16-36/h3-4,6,8,13,19-21H,5,7,9-12,14-16,32-33H2,1-2H3,(H,34,35,41,42)/t19?,20-,21+. The second kappa shape index (κ2) is 11.3. The second-order valence-electron chi connectivity index (χ2n) is 12.0. The zero-order valence-corrected chi connectivity index (χ0v) is 23.7. The van der Waals surface area contributed by atoms with E-state index in [0.29, 0.717) is 43.9 Å². The first-order valence-electron chi connectivity index (χ1n) is 14.1. The number of hydrogen-bond acceptors (Lipinski definition) is 7. The second-order valence-corrected chi connectivity index (χ2v) is 12.0. The lowest BCUT2D eigenvalue weighted by atomic mass is 10.0. The SMILES string of the molecule is CC(C)(N)C(=O)N1CCN(C(=O)Nc2ccn(-c3ccc(CCN4C[C@@H]5C(CN)[C@@H]5C4)c(C(F)(F)F)c3)c(=O)n2)CC1. The first-order chi connectivity index (χ1) is 19.8. The molecule has 0 radical (unpaired) electrons. The van der Waals surface area contributed by atoms with E-state index in [4.69, 9.17) is 11.5 Å². The molecule has 3 amide bonds. The van der Waals surface area contributed by atoms with Gasteiger partial charge in [-0.25, -0.2) is 9.59 Å². The van der Waals surface area contributed by atoms with Crippen LogP contribution in [-0.4, -0.2) is 94.1 Å². The predicted molar refractivity (Wildman–Crippen MR) is 150 cm³/mol. The lowest BCUT2D eigenvalue weighted by molar-refractivity contribution is -0.138. The fourth-order valence-corrected chi connectivity index (χ4v) is 6.12. The number of piperazine rings is 1. The van der Waals surface area contributed by atoms with Crippen LogP contribution in [-0.2, 0) is 17.4 Å². The van der Waals surface area contributed by atoms with E-state index in [1.807, 2.05) is 0 Å². The third kappa shape index (κ3) is 6.30. The molecule has 2 aliphatic heterocycles. The zero-order chi connectivity index (χ0) is 30.4. The van der Waals surface area contributed by atoms with Crippen molar-refractivity contribution < 1.29 is 22.8 Å². The van der Waals surface area contributed by atoms with Gasteiger partial charge in [-0.2, -0.15) is 18.2 Å². The van der Waals surface area contributed by atoms with Gasteiger partial charge < -0.3 is 26.2 Å². The number of urea groups is 1. The van der Waals surface area contributed by atoms with Crippen molar-refractivity contribution in [3.63, 3.8) is 0 Å². The molecule has 1 saturated carbocycles. The van der Waals surface area contributed by atoms with Crippen molar-refractivity contribution in [3.8, 4) is 5.69 Å². The van der Waals surface area contributed by atoms with Crippen molar-refractivity contribution in [2.75, 3.05) is 57.7 Å². The van der Waals surface area contributed by atoms with Crippen LogP contribution in [0.3, 0.4) is 0 Å². The van der Waals surface area contributed by atoms with Gasteiger partial charge in [-0.3, -0.25) is 14.7 Å². The number of amides is 3. The summed E-state index contributed by atoms with van der Waals surface area (Å²) in [5.41, 5.74) is 9.19. The number of rotatable bonds is 7. The molecule has 2 saturated heterocycles. The number of likely N-dealkylation sites (tertiary alicyclic amines) is 1. The third-order valence-electron chi connectivity index (χ3n) is 8.54. The molecule has 5 N–H and O–H groups in total. The van der Waals surface area contributed by atoms with Crippen LogP contribution in [0.2, 0.25) is 0 Å². The smallest absolute Gasteiger partial charge is 0.338 e. The third-order valence-corrected chi connectivity index (χ3v) is 8.54. The molecule has 5 rings (SSSR count). The summed E-state index contributed by atoms with van der Waals surface area (Å²) >= 11 is 0. The summed E-state index contributed by atoms with van der Waals surface area (Å²) in [5, 5.41) is 2.55. The molecule has 42 heavy (non-hydrogen) atoms. The molecule has 228 valence electrons. The van der Waals surface area contributed by atoms with Gasteiger partial charge in [0.1, 0.15) is 5.82 Å². The Bertz CT molecular complexity index is 1390. The first-order valence-corrected chi connectivity index (χ1v) is 14.1. The number of carbonyl (C=O) groups is 2. The molecule has 2 aromatic rings. The van der Waals surface area contributed by atoms with Crippen LogP contribution in [0.4, 0.5) is 23.8 Å². The first kappa shape index (κ1) is 30.0. The summed E-state index contributed by atoms with van der Waals surface area (Å²) in [5.74, 6) is 1.44. The zero-order valence-electron chi connectivity index (χ0n) is 23.7. The number of benzene rings is 1. The van der Waals surface area contributed by atoms with Crippen molar-refractivity contribution in [2.45, 2.75) is 32.0 Å². The Hall–Kier alpha value is -3.49. The maximum Gasteiger partial charge on any atom is 0.416 e. The average Bonchev–Trinajstić information content (AvgIpc) is 3.41. The number of aromatic nitrogens is 2. The molecule has 3 atom stereocenters. The Labute approximate surface area is 241 Å². The van der Waals surface area contributed by atoms with Crippen LogP contribution < -0.4 is 22.5 Å². The van der Waals surface area contributed by atoms with E-state index >= 15 is 0 Å². The number of nitrogens with two attached hydrogens (primary N) is 2. The Kier molecular flexibility index (Phi) is 8.07. The van der Waals surface area contributed by atoms with Gasteiger partial charge in [-0.05, 0) is 68.3 Å². The number of carbonyl (C=O) groups excluding carboxylic acids is 2. The van der Waals surface area contributed by atoms with Crippen LogP contribution in [0.5, 0.6) is 0 Å². The van der Waals surface area contributed by atoms with Crippen LogP contribution in [0, 0.1) is 17.8 Å². The molecular formula is C28H37F3N8O3. The van der Waals surface area contributed by atoms with Crippen molar-refractivity contribution >= 4 is 17.8 Å². The molecule has 1 unspecified atom stereocenters. The number of piperidine rings is 1. The Balaban J connectivity index is 1.22. The van der Waals surface area contributed by atoms with E-state index in [1.54, 1.807) is 18.7 Å². The summed E-state index contributed by atoms with van der Waals surface area (Å²) < 4.78 is 43.0. The van der Waals surface area contributed by atoms with Crippen molar-refractivity contribution in [1.82, 2.24) is 24.3 Å². The molecule has 1 aliphatic carbocycles. The van der Waals surface area contributed by atoms with E-state index in [2.05, 4.69) is 15.2 Å². The highest BCUT2D eigenvalue weighted by Gasteiger charge is 2.54. The maximum atomic E-state index is 14.0. The highest BCUT2D eigenvalue weighted by atomic mass is 19.4. The molecule has 14 heteroatoms. The number of nitrogens with one attached hydrogen (secondary N) is 1. The largest absolute Gasteiger partial charge is 0.416 e. The molecule has 3 aliphatic rings. The minimum Gasteiger partial charge on any atom is -0.338 e. The predicted octanol–water partition coefficient (Wildman–Crippen LogP) is 1.34. The van der Waals surface area contributed by atoms with Gasteiger partial charge in [0.15, 0.2) is 0 Å². The average molecular weight is 591 g/mol. The van der Waals surface area contributed by atoms with Crippen LogP contribution >= 0.6 is 0 Å². The summed E-state index contributed by atoms with van der Waals surface area (Å²) in [4.78, 5) is 47.0. The number of anilines is 1. The van der Waals surface area contributed by atoms with Gasteiger partial charge in [-0.1, -0.05) is 6.07 Å². The van der Waals surface area contributed by atoms with E-state index in [9.17, 15) is 27.6 Å². The number of fused-ring (bicyclic) bond motifs is 1. The summed E-state index contributed by atoms with van der Waals surface area (Å²) in [6.45, 7) is 7.34. The highest BCUT2D eigenvalue weighted by molar-refractivity contribution is 5.89. The van der Waals surface area contributed by atoms with E-state index < -0.39 is 29.0 Å². The molecule has 0 bridgehead atoms. The molecule has 1 aromatic carbocycles. The van der Waals surface area contributed by atoms with Crippen LogP contribution in [0.25, 0.3) is 5.69 Å². The molecule has 3 fully saturated rings. The maximum absolute atomic E-state index is 14.0. The molecule has 1 aromatic heterocycles. The lowest BCUT2D eigenvalue weighted by Gasteiger charge is -2.37. The number of halogens is 3. The fraction of sp³-hybridized carbons (Fsp3) is 0.571. The minimum absolute atomic E-state index is 0.0262. The van der Waals surface area contributed by atoms with Crippen molar-refractivity contribution in [1.29, 1.82) is 0 Å². The molecular weight excluding hydrogens is 553 g/mol. The quantitative estimate of drug-likeness (QED) is 0.442. The summed E-state index contributed by atoms with van der Waals surface area (Å²) in [6.07, 6.45) is -3.07. The normalized spacial score (nSPS) is 22.7. The Morgan fingerprint density at radius 2 is 1.69 bits per heavy atom. The number of alkyl halides is 3. The van der Waals surface area contributed by atoms with Crippen LogP contribution in [0.15, 0.2) is 35.3 Å². The van der Waals surface area contributed by atoms with Gasteiger partial charge in [-0.15, -0.1) is 0 Å². The van der Waals surface area contributed by atoms with Gasteiger partial charge in [0.2, 0.25) is 5.91 Å². The minimum atomic E-state index is -4.59. The molecule has 0 spiro atoms. The monoisotopic (exact) mass is 590 g/mol. The van der Waals surface area contributed by atoms with Gasteiger partial charge in [0.05, 0.1) is 16.8 Å². The molecule has 11 nitrogen and oxygen atoms in total. The molecule has 3 heterocycles. The van der Waals surface area contributed by atoms with Gasteiger partial charge >= 0.3 is 17.9 Å². The van der Waals surface area contributed by atoms with E-state index in [1.165, 1.54) is 29.3 Å². The summed E-state index contributed by atoms with van der Waals surface area (Å²) in [7, 11) is 0. The van der Waals surface area contributed by atoms with Crippen molar-refractivity contribution in [2.24, 2.45) is 29.2 Å². The van der Waals surface area contributed by atoms with Gasteiger partial charge in [0, 0.05) is 52.0 Å². The van der Waals surface area contributed by atoms with Crippen molar-refractivity contribution in [3.05, 3.63) is 52.1 Å². The topological polar surface area (TPSA) is 143 Å². The lowest BCUT2D eigenvalue weighted by Crippen LogP contribution is -2.58. The Morgan fingerprint density at radius 3 is 2.26 bits per heavy atom. The number of nitrogens with zero attached hydrogens (tertiary/aromatic N) is 5. The van der Waals surface area contributed by atoms with Crippen LogP contribution in [0.1, 0.15) is 25.0 Å². The number of hydrogen-bond donors (Lipinski definition) is 3.